The number of hydrogen-bond donors (Lipinski definition) is 1. The number of aromatic nitrogens is 3. The molecule has 2 aliphatic carbocycles. The summed E-state index contributed by atoms with van der Waals surface area (Å²) in [6, 6.07) is 2.17. The molecule has 0 saturated heterocycles. The van der Waals surface area contributed by atoms with E-state index < -0.39 is 35.0 Å². The van der Waals surface area contributed by atoms with Crippen molar-refractivity contribution >= 4 is 5.91 Å². The SMILES string of the molecule is Cn1nc(C(=O)NC2=C(F)CCC=C2F)cc1-c1cnc(C2CC2)cc1C(F)(F)F. The highest BCUT2D eigenvalue weighted by atomic mass is 19.4. The zero-order chi connectivity index (χ0) is 21.6. The minimum atomic E-state index is -4.63. The number of pyridine rings is 1. The first kappa shape index (κ1) is 20.2. The summed E-state index contributed by atoms with van der Waals surface area (Å²) < 4.78 is 69.7. The smallest absolute Gasteiger partial charge is 0.316 e. The van der Waals surface area contributed by atoms with Gasteiger partial charge in [-0.2, -0.15) is 18.3 Å². The number of aryl methyl sites for hydroxylation is 1. The molecule has 2 aliphatic rings. The minimum Gasteiger partial charge on any atom is -0.316 e. The summed E-state index contributed by atoms with van der Waals surface area (Å²) in [5.41, 5.74) is -1.56. The quantitative estimate of drug-likeness (QED) is 0.708. The van der Waals surface area contributed by atoms with Crippen LogP contribution in [0.5, 0.6) is 0 Å². The Labute approximate surface area is 168 Å². The van der Waals surface area contributed by atoms with Gasteiger partial charge in [-0.05, 0) is 37.5 Å². The zero-order valence-electron chi connectivity index (χ0n) is 15.9. The van der Waals surface area contributed by atoms with Gasteiger partial charge in [-0.1, -0.05) is 0 Å². The lowest BCUT2D eigenvalue weighted by Crippen LogP contribution is -2.25. The van der Waals surface area contributed by atoms with Crippen LogP contribution in [0.25, 0.3) is 11.3 Å². The molecule has 1 N–H and O–H groups in total. The molecule has 5 nitrogen and oxygen atoms in total. The third-order valence-electron chi connectivity index (χ3n) is 5.05. The number of rotatable bonds is 4. The number of hydrogen-bond acceptors (Lipinski definition) is 3. The highest BCUT2D eigenvalue weighted by Crippen LogP contribution is 2.43. The second-order valence-electron chi connectivity index (χ2n) is 7.29. The lowest BCUT2D eigenvalue weighted by atomic mass is 10.0. The van der Waals surface area contributed by atoms with Crippen LogP contribution in [0.4, 0.5) is 22.0 Å². The lowest BCUT2D eigenvalue weighted by Gasteiger charge is -2.14. The standard InChI is InChI=1S/C20H17F5N4O/c1-29-17(11-9-26-15(10-5-6-10)7-12(11)20(23,24)25)8-16(28-29)19(30)27-18-13(21)3-2-4-14(18)22/h3,7-10H,2,4-6H2,1H3,(H,27,30). The van der Waals surface area contributed by atoms with E-state index in [2.05, 4.69) is 15.4 Å². The van der Waals surface area contributed by atoms with Gasteiger partial charge in [0.25, 0.3) is 5.91 Å². The molecule has 0 bridgehead atoms. The Morgan fingerprint density at radius 3 is 2.60 bits per heavy atom. The van der Waals surface area contributed by atoms with E-state index in [0.717, 1.165) is 41.9 Å². The molecular formula is C20H17F5N4O. The van der Waals surface area contributed by atoms with Crippen molar-refractivity contribution in [1.82, 2.24) is 20.1 Å². The summed E-state index contributed by atoms with van der Waals surface area (Å²) >= 11 is 0. The van der Waals surface area contributed by atoms with Crippen LogP contribution in [-0.2, 0) is 13.2 Å². The molecule has 0 aliphatic heterocycles. The van der Waals surface area contributed by atoms with Gasteiger partial charge in [-0.3, -0.25) is 14.5 Å². The molecule has 1 amide bonds. The van der Waals surface area contributed by atoms with Crippen molar-refractivity contribution in [3.63, 3.8) is 0 Å². The van der Waals surface area contributed by atoms with E-state index in [-0.39, 0.29) is 35.7 Å². The Bertz CT molecular complexity index is 1080. The Morgan fingerprint density at radius 2 is 1.97 bits per heavy atom. The third-order valence-corrected chi connectivity index (χ3v) is 5.05. The molecule has 1 saturated carbocycles. The second-order valence-corrected chi connectivity index (χ2v) is 7.29. The predicted molar refractivity (Wildman–Crippen MR) is 97.4 cm³/mol. The molecule has 0 unspecified atom stereocenters. The minimum absolute atomic E-state index is 0.0106. The molecule has 0 aromatic carbocycles. The van der Waals surface area contributed by atoms with E-state index in [4.69, 9.17) is 0 Å². The molecule has 0 radical (unpaired) electrons. The summed E-state index contributed by atoms with van der Waals surface area (Å²) in [5, 5.41) is 6.03. The van der Waals surface area contributed by atoms with E-state index in [0.29, 0.717) is 5.69 Å². The van der Waals surface area contributed by atoms with Gasteiger partial charge in [-0.25, -0.2) is 8.78 Å². The van der Waals surface area contributed by atoms with Crippen molar-refractivity contribution in [2.24, 2.45) is 7.05 Å². The monoisotopic (exact) mass is 424 g/mol. The van der Waals surface area contributed by atoms with E-state index in [1.54, 1.807) is 0 Å². The number of nitrogens with zero attached hydrogens (tertiary/aromatic N) is 3. The van der Waals surface area contributed by atoms with Gasteiger partial charge in [0.1, 0.15) is 17.4 Å². The summed E-state index contributed by atoms with van der Waals surface area (Å²) in [6.45, 7) is 0. The third kappa shape index (κ3) is 3.86. The van der Waals surface area contributed by atoms with Gasteiger partial charge in [0.05, 0.1) is 11.3 Å². The average molecular weight is 424 g/mol. The lowest BCUT2D eigenvalue weighted by molar-refractivity contribution is -0.137. The van der Waals surface area contributed by atoms with Crippen LogP contribution in [-0.4, -0.2) is 20.7 Å². The van der Waals surface area contributed by atoms with Gasteiger partial charge in [-0.15, -0.1) is 0 Å². The Balaban J connectivity index is 1.68. The predicted octanol–water partition coefficient (Wildman–Crippen LogP) is 4.94. The van der Waals surface area contributed by atoms with Crippen LogP contribution in [0, 0.1) is 0 Å². The normalized spacial score (nSPS) is 17.2. The van der Waals surface area contributed by atoms with Gasteiger partial charge in [0.2, 0.25) is 0 Å². The fraction of sp³-hybridized carbons (Fsp3) is 0.350. The number of alkyl halides is 3. The summed E-state index contributed by atoms with van der Waals surface area (Å²) in [7, 11) is 1.38. The first-order valence-corrected chi connectivity index (χ1v) is 9.32. The Morgan fingerprint density at radius 1 is 1.23 bits per heavy atom. The molecule has 10 heteroatoms. The molecule has 0 atom stereocenters. The fourth-order valence-electron chi connectivity index (χ4n) is 3.33. The maximum atomic E-state index is 13.8. The van der Waals surface area contributed by atoms with E-state index in [9.17, 15) is 26.7 Å². The molecule has 4 rings (SSSR count). The van der Waals surface area contributed by atoms with Crippen molar-refractivity contribution in [3.05, 3.63) is 58.7 Å². The summed E-state index contributed by atoms with van der Waals surface area (Å²) in [6.07, 6.45) is -0.627. The number of amides is 1. The fourth-order valence-corrected chi connectivity index (χ4v) is 3.33. The Kier molecular flexibility index (Phi) is 4.95. The maximum Gasteiger partial charge on any atom is 0.417 e. The van der Waals surface area contributed by atoms with Crippen LogP contribution < -0.4 is 5.32 Å². The Hall–Kier alpha value is -3.04. The first-order valence-electron chi connectivity index (χ1n) is 9.32. The van der Waals surface area contributed by atoms with Gasteiger partial charge < -0.3 is 5.32 Å². The highest BCUT2D eigenvalue weighted by Gasteiger charge is 2.37. The number of carbonyl (C=O) groups excluding carboxylic acids is 1. The molecule has 0 spiro atoms. The van der Waals surface area contributed by atoms with Crippen molar-refractivity contribution in [2.45, 2.75) is 37.8 Å². The number of halogens is 5. The maximum absolute atomic E-state index is 13.8. The van der Waals surface area contributed by atoms with Crippen molar-refractivity contribution in [1.29, 1.82) is 0 Å². The molecule has 2 aromatic rings. The van der Waals surface area contributed by atoms with Crippen LogP contribution in [0.3, 0.4) is 0 Å². The molecule has 30 heavy (non-hydrogen) atoms. The van der Waals surface area contributed by atoms with Gasteiger partial charge >= 0.3 is 6.18 Å². The second kappa shape index (κ2) is 7.33. The molecule has 158 valence electrons. The molecule has 1 fully saturated rings. The van der Waals surface area contributed by atoms with E-state index in [1.807, 2.05) is 0 Å². The first-order chi connectivity index (χ1) is 14.1. The van der Waals surface area contributed by atoms with Crippen LogP contribution >= 0.6 is 0 Å². The highest BCUT2D eigenvalue weighted by molar-refractivity contribution is 5.95. The average Bonchev–Trinajstić information content (AvgIpc) is 3.45. The van der Waals surface area contributed by atoms with E-state index >= 15 is 0 Å². The topological polar surface area (TPSA) is 59.8 Å². The number of allylic oxidation sites excluding steroid dienone is 3. The largest absolute Gasteiger partial charge is 0.417 e. The number of nitrogens with one attached hydrogen (secondary N) is 1. The van der Waals surface area contributed by atoms with Crippen molar-refractivity contribution < 1.29 is 26.7 Å². The van der Waals surface area contributed by atoms with Gasteiger partial charge in [0, 0.05) is 36.8 Å². The van der Waals surface area contributed by atoms with Crippen molar-refractivity contribution in [3.8, 4) is 11.3 Å². The molecular weight excluding hydrogens is 407 g/mol. The van der Waals surface area contributed by atoms with Crippen LogP contribution in [0.1, 0.15) is 53.3 Å². The number of carbonyl (C=O) groups is 1. The molecule has 2 heterocycles. The summed E-state index contributed by atoms with van der Waals surface area (Å²) in [5.74, 6) is -2.60. The van der Waals surface area contributed by atoms with Crippen molar-refractivity contribution in [2.75, 3.05) is 0 Å². The van der Waals surface area contributed by atoms with Gasteiger partial charge in [0.15, 0.2) is 5.69 Å². The van der Waals surface area contributed by atoms with Crippen LogP contribution in [0.15, 0.2) is 41.8 Å². The summed E-state index contributed by atoms with van der Waals surface area (Å²) in [4.78, 5) is 16.6. The van der Waals surface area contributed by atoms with Crippen LogP contribution in [0.2, 0.25) is 0 Å². The zero-order valence-corrected chi connectivity index (χ0v) is 15.9. The van der Waals surface area contributed by atoms with E-state index in [1.165, 1.54) is 7.05 Å². The molecule has 2 aromatic heterocycles.